The number of amides is 1. The molecular formula is C22H28N2O5S. The largest absolute Gasteiger partial charge is 0.452 e. The number of anilines is 1. The molecule has 1 amide bonds. The van der Waals surface area contributed by atoms with Gasteiger partial charge in [-0.25, -0.2) is 13.2 Å². The van der Waals surface area contributed by atoms with Crippen LogP contribution in [-0.4, -0.2) is 43.9 Å². The molecule has 0 spiro atoms. The maximum atomic E-state index is 12.7. The smallest absolute Gasteiger partial charge is 0.338 e. The summed E-state index contributed by atoms with van der Waals surface area (Å²) in [6.07, 6.45) is 0. The molecule has 7 nitrogen and oxygen atoms in total. The average Bonchev–Trinajstić information content (AvgIpc) is 2.65. The second kappa shape index (κ2) is 9.75. The molecule has 8 heteroatoms. The Kier molecular flexibility index (Phi) is 7.61. The van der Waals surface area contributed by atoms with Gasteiger partial charge >= 0.3 is 5.97 Å². The minimum absolute atomic E-state index is 0.0302. The first-order valence-electron chi connectivity index (χ1n) is 9.69. The molecule has 0 radical (unpaired) electrons. The van der Waals surface area contributed by atoms with E-state index in [2.05, 4.69) is 4.72 Å². The molecular weight excluding hydrogens is 404 g/mol. The van der Waals surface area contributed by atoms with Gasteiger partial charge in [0.2, 0.25) is 0 Å². The van der Waals surface area contributed by atoms with E-state index in [1.54, 1.807) is 23.1 Å². The summed E-state index contributed by atoms with van der Waals surface area (Å²) in [5, 5.41) is 0. The first-order chi connectivity index (χ1) is 14.0. The number of benzene rings is 2. The molecule has 2 aromatic rings. The van der Waals surface area contributed by atoms with Crippen LogP contribution >= 0.6 is 0 Å². The number of hydrogen-bond donors (Lipinski definition) is 1. The van der Waals surface area contributed by atoms with Gasteiger partial charge in [0.1, 0.15) is 0 Å². The fourth-order valence-corrected chi connectivity index (χ4v) is 4.27. The third-order valence-electron chi connectivity index (χ3n) is 4.38. The minimum Gasteiger partial charge on any atom is -0.452 e. The molecule has 2 aromatic carbocycles. The van der Waals surface area contributed by atoms with E-state index in [4.69, 9.17) is 4.74 Å². The zero-order chi connectivity index (χ0) is 22.5. The summed E-state index contributed by atoms with van der Waals surface area (Å²) >= 11 is 0. The van der Waals surface area contributed by atoms with Gasteiger partial charge in [0.25, 0.3) is 15.9 Å². The number of esters is 1. The molecule has 0 saturated carbocycles. The Balaban J connectivity index is 2.12. The molecule has 0 saturated heterocycles. The predicted octanol–water partition coefficient (Wildman–Crippen LogP) is 3.60. The highest BCUT2D eigenvalue weighted by Crippen LogP contribution is 2.18. The van der Waals surface area contributed by atoms with Crippen molar-refractivity contribution in [3.63, 3.8) is 0 Å². The Hall–Kier alpha value is -2.87. The Labute approximate surface area is 178 Å². The maximum absolute atomic E-state index is 12.7. The second-order valence-corrected chi connectivity index (χ2v) is 9.25. The SMILES string of the molecule is Cc1cccc(NS(=O)(=O)c2cccc(C(=O)OCC(=O)N(C(C)C)C(C)C)c2)c1. The second-order valence-electron chi connectivity index (χ2n) is 7.57. The molecule has 30 heavy (non-hydrogen) atoms. The van der Waals surface area contributed by atoms with Gasteiger partial charge in [-0.05, 0) is 70.5 Å². The van der Waals surface area contributed by atoms with E-state index in [-0.39, 0.29) is 28.4 Å². The van der Waals surface area contributed by atoms with Gasteiger partial charge in [0.05, 0.1) is 10.5 Å². The van der Waals surface area contributed by atoms with Crippen molar-refractivity contribution in [2.24, 2.45) is 0 Å². The molecule has 1 N–H and O–H groups in total. The van der Waals surface area contributed by atoms with Gasteiger partial charge < -0.3 is 9.64 Å². The monoisotopic (exact) mass is 432 g/mol. The van der Waals surface area contributed by atoms with E-state index >= 15 is 0 Å². The molecule has 162 valence electrons. The van der Waals surface area contributed by atoms with E-state index in [1.807, 2.05) is 40.7 Å². The Bertz CT molecular complexity index is 1010. The zero-order valence-corrected chi connectivity index (χ0v) is 18.7. The number of aryl methyl sites for hydroxylation is 1. The highest BCUT2D eigenvalue weighted by atomic mass is 32.2. The van der Waals surface area contributed by atoms with Crippen molar-refractivity contribution in [2.75, 3.05) is 11.3 Å². The number of nitrogens with one attached hydrogen (secondary N) is 1. The van der Waals surface area contributed by atoms with Gasteiger partial charge in [0.15, 0.2) is 6.61 Å². The summed E-state index contributed by atoms with van der Waals surface area (Å²) in [7, 11) is -3.89. The van der Waals surface area contributed by atoms with E-state index in [0.717, 1.165) is 5.56 Å². The minimum atomic E-state index is -3.89. The van der Waals surface area contributed by atoms with Crippen LogP contribution in [0.5, 0.6) is 0 Å². The van der Waals surface area contributed by atoms with E-state index in [1.165, 1.54) is 24.3 Å². The first kappa shape index (κ1) is 23.4. The van der Waals surface area contributed by atoms with Crippen LogP contribution in [0.2, 0.25) is 0 Å². The number of sulfonamides is 1. The summed E-state index contributed by atoms with van der Waals surface area (Å²) in [5.74, 6) is -1.07. The third-order valence-corrected chi connectivity index (χ3v) is 5.76. The normalized spacial score (nSPS) is 11.4. The highest BCUT2D eigenvalue weighted by Gasteiger charge is 2.22. The Morgan fingerprint density at radius 3 is 2.23 bits per heavy atom. The highest BCUT2D eigenvalue weighted by molar-refractivity contribution is 7.92. The van der Waals surface area contributed by atoms with Gasteiger partial charge in [-0.2, -0.15) is 0 Å². The summed E-state index contributed by atoms with van der Waals surface area (Å²) in [5.41, 5.74) is 1.39. The fraction of sp³-hybridized carbons (Fsp3) is 0.364. The lowest BCUT2D eigenvalue weighted by Gasteiger charge is -2.30. The maximum Gasteiger partial charge on any atom is 0.338 e. The molecule has 0 heterocycles. The van der Waals surface area contributed by atoms with E-state index in [9.17, 15) is 18.0 Å². The summed E-state index contributed by atoms with van der Waals surface area (Å²) in [6, 6.07) is 12.4. The van der Waals surface area contributed by atoms with Crippen LogP contribution < -0.4 is 4.72 Å². The van der Waals surface area contributed by atoms with Gasteiger partial charge in [0, 0.05) is 17.8 Å². The number of ether oxygens (including phenoxy) is 1. The lowest BCUT2D eigenvalue weighted by atomic mass is 10.2. The van der Waals surface area contributed by atoms with E-state index in [0.29, 0.717) is 5.69 Å². The summed E-state index contributed by atoms with van der Waals surface area (Å²) < 4.78 is 33.0. The average molecular weight is 433 g/mol. The Morgan fingerprint density at radius 1 is 1.00 bits per heavy atom. The zero-order valence-electron chi connectivity index (χ0n) is 17.9. The first-order valence-corrected chi connectivity index (χ1v) is 11.2. The quantitative estimate of drug-likeness (QED) is 0.644. The third kappa shape index (κ3) is 6.06. The molecule has 0 unspecified atom stereocenters. The number of rotatable bonds is 8. The van der Waals surface area contributed by atoms with E-state index < -0.39 is 22.6 Å². The topological polar surface area (TPSA) is 92.8 Å². The fourth-order valence-electron chi connectivity index (χ4n) is 3.17. The van der Waals surface area contributed by atoms with Crippen LogP contribution in [0.3, 0.4) is 0 Å². The van der Waals surface area contributed by atoms with Crippen LogP contribution in [0.25, 0.3) is 0 Å². The molecule has 0 fully saturated rings. The summed E-state index contributed by atoms with van der Waals surface area (Å²) in [6.45, 7) is 8.98. The van der Waals surface area contributed by atoms with Crippen LogP contribution in [0.1, 0.15) is 43.6 Å². The molecule has 0 atom stereocenters. The number of carbonyl (C=O) groups excluding carboxylic acids is 2. The lowest BCUT2D eigenvalue weighted by Crippen LogP contribution is -2.44. The van der Waals surface area contributed by atoms with Crippen molar-refractivity contribution in [3.05, 3.63) is 59.7 Å². The van der Waals surface area contributed by atoms with Crippen LogP contribution in [0.15, 0.2) is 53.4 Å². The molecule has 0 aromatic heterocycles. The van der Waals surface area contributed by atoms with Crippen molar-refractivity contribution < 1.29 is 22.7 Å². The van der Waals surface area contributed by atoms with Crippen molar-refractivity contribution in [3.8, 4) is 0 Å². The summed E-state index contributed by atoms with van der Waals surface area (Å²) in [4.78, 5) is 26.3. The van der Waals surface area contributed by atoms with Crippen molar-refractivity contribution >= 4 is 27.6 Å². The standard InChI is InChI=1S/C22H28N2O5S/c1-15(2)24(16(3)4)21(25)14-29-22(26)18-9-7-11-20(13-18)30(27,28)23-19-10-6-8-17(5)12-19/h6-13,15-16,23H,14H2,1-5H3. The number of carbonyl (C=O) groups is 2. The van der Waals surface area contributed by atoms with Gasteiger partial charge in [-0.1, -0.05) is 18.2 Å². The van der Waals surface area contributed by atoms with Gasteiger partial charge in [-0.15, -0.1) is 0 Å². The molecule has 0 aliphatic carbocycles. The molecule has 0 bridgehead atoms. The van der Waals surface area contributed by atoms with Gasteiger partial charge in [-0.3, -0.25) is 9.52 Å². The predicted molar refractivity (Wildman–Crippen MR) is 116 cm³/mol. The Morgan fingerprint density at radius 2 is 1.63 bits per heavy atom. The molecule has 0 aliphatic rings. The molecule has 2 rings (SSSR count). The van der Waals surface area contributed by atoms with Crippen LogP contribution in [-0.2, 0) is 19.6 Å². The van der Waals surface area contributed by atoms with Crippen molar-refractivity contribution in [1.29, 1.82) is 0 Å². The van der Waals surface area contributed by atoms with Crippen LogP contribution in [0.4, 0.5) is 5.69 Å². The number of nitrogens with zero attached hydrogens (tertiary/aromatic N) is 1. The number of hydrogen-bond acceptors (Lipinski definition) is 5. The molecule has 0 aliphatic heterocycles. The van der Waals surface area contributed by atoms with Crippen LogP contribution in [0, 0.1) is 6.92 Å². The van der Waals surface area contributed by atoms with Crippen molar-refractivity contribution in [1.82, 2.24) is 4.90 Å². The van der Waals surface area contributed by atoms with Crippen molar-refractivity contribution in [2.45, 2.75) is 51.6 Å². The lowest BCUT2D eigenvalue weighted by molar-refractivity contribution is -0.138.